The Morgan fingerprint density at radius 2 is 1.71 bits per heavy atom. The van der Waals surface area contributed by atoms with Gasteiger partial charge in [-0.15, -0.1) is 0 Å². The van der Waals surface area contributed by atoms with E-state index in [1.165, 1.54) is 29.4 Å². The molecule has 0 amide bonds. The number of carbonyl (C=O) groups excluding carboxylic acids is 1. The van der Waals surface area contributed by atoms with Crippen LogP contribution in [0.4, 0.5) is 0 Å². The van der Waals surface area contributed by atoms with E-state index in [2.05, 4.69) is 4.98 Å². The summed E-state index contributed by atoms with van der Waals surface area (Å²) < 4.78 is 38.0. The first kappa shape index (κ1) is 20.6. The smallest absolute Gasteiger partial charge is 0.338 e. The van der Waals surface area contributed by atoms with Crippen LogP contribution in [-0.2, 0) is 14.8 Å². The highest BCUT2D eigenvalue weighted by atomic mass is 32.2. The van der Waals surface area contributed by atoms with Gasteiger partial charge in [0.1, 0.15) is 5.75 Å². The van der Waals surface area contributed by atoms with E-state index in [1.807, 2.05) is 0 Å². The van der Waals surface area contributed by atoms with Crippen LogP contribution in [0.15, 0.2) is 78.0 Å². The predicted octanol–water partition coefficient (Wildman–Crippen LogP) is 4.13. The Kier molecular flexibility index (Phi) is 5.48. The fourth-order valence-corrected chi connectivity index (χ4v) is 4.67. The minimum atomic E-state index is -3.86. The molecule has 0 saturated heterocycles. The predicted molar refractivity (Wildman–Crippen MR) is 117 cm³/mol. The van der Waals surface area contributed by atoms with Crippen molar-refractivity contribution in [1.82, 2.24) is 8.96 Å². The van der Waals surface area contributed by atoms with E-state index >= 15 is 0 Å². The molecule has 4 rings (SSSR count). The Hall–Kier alpha value is -3.65. The lowest BCUT2D eigenvalue weighted by Crippen LogP contribution is -2.12. The van der Waals surface area contributed by atoms with Gasteiger partial charge in [-0.25, -0.2) is 17.2 Å². The zero-order chi connectivity index (χ0) is 22.0. The topological polar surface area (TPSA) is 87.5 Å². The number of aromatic nitrogens is 2. The van der Waals surface area contributed by atoms with Crippen molar-refractivity contribution in [3.8, 4) is 17.0 Å². The van der Waals surface area contributed by atoms with Crippen LogP contribution in [0.25, 0.3) is 22.2 Å². The van der Waals surface area contributed by atoms with Crippen molar-refractivity contribution in [1.29, 1.82) is 0 Å². The summed E-state index contributed by atoms with van der Waals surface area (Å²) in [6.07, 6.45) is 3.14. The third kappa shape index (κ3) is 3.77. The first-order valence-electron chi connectivity index (χ1n) is 9.59. The molecule has 0 atom stereocenters. The summed E-state index contributed by atoms with van der Waals surface area (Å²) >= 11 is 0. The number of nitrogens with zero attached hydrogens (tertiary/aromatic N) is 2. The van der Waals surface area contributed by atoms with Crippen LogP contribution in [0.2, 0.25) is 0 Å². The van der Waals surface area contributed by atoms with Crippen LogP contribution in [0.1, 0.15) is 17.3 Å². The Morgan fingerprint density at radius 3 is 2.35 bits per heavy atom. The van der Waals surface area contributed by atoms with Gasteiger partial charge < -0.3 is 9.47 Å². The quantitative estimate of drug-likeness (QED) is 0.423. The molecule has 0 aliphatic carbocycles. The lowest BCUT2D eigenvalue weighted by Gasteiger charge is -2.11. The maximum atomic E-state index is 13.3. The molecular weight excluding hydrogens is 416 g/mol. The van der Waals surface area contributed by atoms with E-state index in [0.29, 0.717) is 28.1 Å². The fourth-order valence-electron chi connectivity index (χ4n) is 3.31. The zero-order valence-electron chi connectivity index (χ0n) is 17.0. The molecule has 2 heterocycles. The van der Waals surface area contributed by atoms with Gasteiger partial charge in [-0.2, -0.15) is 0 Å². The van der Waals surface area contributed by atoms with Gasteiger partial charge in [0.25, 0.3) is 10.0 Å². The molecule has 0 saturated carbocycles. The lowest BCUT2D eigenvalue weighted by atomic mass is 10.1. The van der Waals surface area contributed by atoms with Gasteiger partial charge in [-0.05, 0) is 55.5 Å². The van der Waals surface area contributed by atoms with Gasteiger partial charge >= 0.3 is 5.97 Å². The van der Waals surface area contributed by atoms with Crippen molar-refractivity contribution in [3.05, 3.63) is 78.6 Å². The number of methoxy groups -OCH3 is 1. The zero-order valence-corrected chi connectivity index (χ0v) is 17.8. The molecule has 7 nitrogen and oxygen atoms in total. The van der Waals surface area contributed by atoms with E-state index in [-0.39, 0.29) is 11.5 Å². The molecule has 0 unspecified atom stereocenters. The second-order valence-electron chi connectivity index (χ2n) is 6.69. The Bertz CT molecular complexity index is 1340. The Labute approximate surface area is 179 Å². The molecule has 0 bridgehead atoms. The molecule has 2 aromatic carbocycles. The molecular formula is C23H20N2O5S. The number of fused-ring (bicyclic) bond motifs is 1. The summed E-state index contributed by atoms with van der Waals surface area (Å²) in [4.78, 5) is 16.5. The summed E-state index contributed by atoms with van der Waals surface area (Å²) in [7, 11) is -2.34. The summed E-state index contributed by atoms with van der Waals surface area (Å²) in [5.41, 5.74) is 2.06. The molecule has 4 aromatic rings. The van der Waals surface area contributed by atoms with Crippen LogP contribution < -0.4 is 4.74 Å². The number of ether oxygens (including phenoxy) is 2. The summed E-state index contributed by atoms with van der Waals surface area (Å²) in [5.74, 6) is 0.158. The van der Waals surface area contributed by atoms with Crippen molar-refractivity contribution >= 4 is 26.9 Å². The average Bonchev–Trinajstić information content (AvgIpc) is 3.25. The van der Waals surface area contributed by atoms with Crippen molar-refractivity contribution in [2.45, 2.75) is 11.8 Å². The van der Waals surface area contributed by atoms with Gasteiger partial charge in [0.2, 0.25) is 0 Å². The number of benzene rings is 2. The second kappa shape index (κ2) is 8.23. The number of esters is 1. The van der Waals surface area contributed by atoms with E-state index in [9.17, 15) is 13.2 Å². The van der Waals surface area contributed by atoms with Gasteiger partial charge in [0, 0.05) is 23.3 Å². The van der Waals surface area contributed by atoms with Gasteiger partial charge in [-0.3, -0.25) is 4.98 Å². The summed E-state index contributed by atoms with van der Waals surface area (Å²) in [6, 6.07) is 16.4. The first-order valence-corrected chi connectivity index (χ1v) is 11.0. The average molecular weight is 436 g/mol. The number of rotatable bonds is 6. The van der Waals surface area contributed by atoms with Crippen LogP contribution in [-0.4, -0.2) is 37.1 Å². The molecule has 8 heteroatoms. The van der Waals surface area contributed by atoms with Crippen molar-refractivity contribution in [3.63, 3.8) is 0 Å². The van der Waals surface area contributed by atoms with Gasteiger partial charge in [-0.1, -0.05) is 12.1 Å². The molecule has 0 aliphatic rings. The maximum absolute atomic E-state index is 13.3. The van der Waals surface area contributed by atoms with Crippen molar-refractivity contribution < 1.29 is 22.7 Å². The van der Waals surface area contributed by atoms with E-state index in [4.69, 9.17) is 9.47 Å². The maximum Gasteiger partial charge on any atom is 0.338 e. The molecule has 0 radical (unpaired) electrons. The molecule has 31 heavy (non-hydrogen) atoms. The number of hydrogen-bond acceptors (Lipinski definition) is 6. The van der Waals surface area contributed by atoms with Crippen LogP contribution in [0.5, 0.6) is 5.75 Å². The highest BCUT2D eigenvalue weighted by Crippen LogP contribution is 2.30. The number of pyridine rings is 1. The Morgan fingerprint density at radius 1 is 1.00 bits per heavy atom. The standard InChI is InChI=1S/C23H20N2O5S/c1-3-30-23(26)18-6-4-16(5-7-18)21-22-17(12-14-24-21)13-15-25(22)31(27,28)20-10-8-19(29-2)9-11-20/h4-15H,3H2,1-2H3. The van der Waals surface area contributed by atoms with Crippen molar-refractivity contribution in [2.24, 2.45) is 0 Å². The van der Waals surface area contributed by atoms with E-state index in [0.717, 1.165) is 5.39 Å². The van der Waals surface area contributed by atoms with Crippen LogP contribution in [0, 0.1) is 0 Å². The molecule has 158 valence electrons. The monoisotopic (exact) mass is 436 g/mol. The van der Waals surface area contributed by atoms with Gasteiger partial charge in [0.15, 0.2) is 0 Å². The fraction of sp³-hybridized carbons (Fsp3) is 0.130. The molecule has 0 N–H and O–H groups in total. The van der Waals surface area contributed by atoms with Crippen molar-refractivity contribution in [2.75, 3.05) is 13.7 Å². The minimum Gasteiger partial charge on any atom is -0.497 e. The Balaban J connectivity index is 1.82. The molecule has 2 aromatic heterocycles. The summed E-state index contributed by atoms with van der Waals surface area (Å²) in [5, 5.41) is 0.733. The SMILES string of the molecule is CCOC(=O)c1ccc(-c2nccc3ccn(S(=O)(=O)c4ccc(OC)cc4)c23)cc1. The molecule has 0 spiro atoms. The largest absolute Gasteiger partial charge is 0.497 e. The highest BCUT2D eigenvalue weighted by molar-refractivity contribution is 7.90. The van der Waals surface area contributed by atoms with E-state index in [1.54, 1.807) is 61.7 Å². The third-order valence-electron chi connectivity index (χ3n) is 4.85. The normalized spacial score (nSPS) is 11.4. The number of carbonyl (C=O) groups is 1. The third-order valence-corrected chi connectivity index (χ3v) is 6.54. The summed E-state index contributed by atoms with van der Waals surface area (Å²) in [6.45, 7) is 2.03. The van der Waals surface area contributed by atoms with Crippen LogP contribution in [0.3, 0.4) is 0 Å². The first-order chi connectivity index (χ1) is 15.0. The minimum absolute atomic E-state index is 0.137. The second-order valence-corrected chi connectivity index (χ2v) is 8.50. The molecule has 0 fully saturated rings. The van der Waals surface area contributed by atoms with E-state index < -0.39 is 16.0 Å². The number of hydrogen-bond donors (Lipinski definition) is 0. The van der Waals surface area contributed by atoms with Gasteiger partial charge in [0.05, 0.1) is 35.4 Å². The van der Waals surface area contributed by atoms with Crippen LogP contribution >= 0.6 is 0 Å². The highest BCUT2D eigenvalue weighted by Gasteiger charge is 2.22. The lowest BCUT2D eigenvalue weighted by molar-refractivity contribution is 0.0526. The molecule has 0 aliphatic heterocycles.